The van der Waals surface area contributed by atoms with Crippen LogP contribution in [0.1, 0.15) is 11.1 Å². The largest absolute Gasteiger partial charge is 0.496 e. The van der Waals surface area contributed by atoms with Gasteiger partial charge in [-0.05, 0) is 52.2 Å². The summed E-state index contributed by atoms with van der Waals surface area (Å²) in [5.41, 5.74) is 8.65. The van der Waals surface area contributed by atoms with Gasteiger partial charge in [0, 0.05) is 13.3 Å². The molecule has 0 saturated carbocycles. The first-order chi connectivity index (χ1) is 7.60. The predicted octanol–water partition coefficient (Wildman–Crippen LogP) is 2.73. The summed E-state index contributed by atoms with van der Waals surface area (Å²) in [4.78, 5) is 3.90. The van der Waals surface area contributed by atoms with Gasteiger partial charge in [-0.15, -0.1) is 0 Å². The number of allylic oxidation sites excluding steroid dienone is 1. The first-order valence-corrected chi connectivity index (χ1v) is 5.62. The average molecular weight is 283 g/mol. The highest BCUT2D eigenvalue weighted by molar-refractivity contribution is 9.12. The maximum absolute atomic E-state index is 5.99. The number of halogens is 1. The van der Waals surface area contributed by atoms with E-state index in [1.165, 1.54) is 0 Å². The van der Waals surface area contributed by atoms with E-state index in [0.29, 0.717) is 5.70 Å². The molecular weight excluding hydrogens is 268 g/mol. The molecule has 16 heavy (non-hydrogen) atoms. The van der Waals surface area contributed by atoms with E-state index in [4.69, 9.17) is 10.5 Å². The standard InChI is InChI=1S/C12H15BrN2O/c1-8-6-9(4-5-11(8)16-3)12(14)10(13)7-15-2/h4-7H,14H2,1-3H3. The molecule has 0 heterocycles. The number of hydrogen-bond donors (Lipinski definition) is 1. The molecule has 1 aromatic carbocycles. The fraction of sp³-hybridized carbons (Fsp3) is 0.250. The number of ether oxygens (including phenoxy) is 1. The summed E-state index contributed by atoms with van der Waals surface area (Å²) in [5.74, 6) is 0.858. The lowest BCUT2D eigenvalue weighted by molar-refractivity contribution is 0.411. The molecule has 0 amide bonds. The first kappa shape index (κ1) is 12.8. The van der Waals surface area contributed by atoms with Crippen molar-refractivity contribution in [3.63, 3.8) is 0 Å². The van der Waals surface area contributed by atoms with Gasteiger partial charge in [0.1, 0.15) is 5.75 Å². The second kappa shape index (κ2) is 5.70. The Hall–Kier alpha value is -1.29. The van der Waals surface area contributed by atoms with Crippen LogP contribution in [0.2, 0.25) is 0 Å². The molecule has 4 heteroatoms. The van der Waals surface area contributed by atoms with Crippen LogP contribution in [0.15, 0.2) is 27.7 Å². The minimum absolute atomic E-state index is 0.663. The fourth-order valence-electron chi connectivity index (χ4n) is 1.37. The number of methoxy groups -OCH3 is 1. The van der Waals surface area contributed by atoms with E-state index in [-0.39, 0.29) is 0 Å². The van der Waals surface area contributed by atoms with Gasteiger partial charge in [-0.1, -0.05) is 0 Å². The third kappa shape index (κ3) is 2.85. The average Bonchev–Trinajstić information content (AvgIpc) is 2.28. The molecule has 86 valence electrons. The zero-order valence-electron chi connectivity index (χ0n) is 9.62. The number of nitrogens with two attached hydrogens (primary N) is 1. The van der Waals surface area contributed by atoms with Gasteiger partial charge in [0.05, 0.1) is 17.3 Å². The molecule has 1 aromatic rings. The first-order valence-electron chi connectivity index (χ1n) is 4.82. The maximum atomic E-state index is 5.99. The van der Waals surface area contributed by atoms with Gasteiger partial charge < -0.3 is 10.5 Å². The third-order valence-corrected chi connectivity index (χ3v) is 2.84. The van der Waals surface area contributed by atoms with Gasteiger partial charge in [0.25, 0.3) is 0 Å². The molecule has 2 N–H and O–H groups in total. The Balaban J connectivity index is 3.15. The maximum Gasteiger partial charge on any atom is 0.121 e. The van der Waals surface area contributed by atoms with E-state index >= 15 is 0 Å². The Bertz CT molecular complexity index is 439. The Kier molecular flexibility index (Phi) is 4.55. The van der Waals surface area contributed by atoms with Gasteiger partial charge in [0.15, 0.2) is 0 Å². The number of rotatable bonds is 3. The summed E-state index contributed by atoms with van der Waals surface area (Å²) in [7, 11) is 3.36. The van der Waals surface area contributed by atoms with E-state index in [9.17, 15) is 0 Å². The van der Waals surface area contributed by atoms with Crippen LogP contribution >= 0.6 is 15.9 Å². The van der Waals surface area contributed by atoms with Crippen molar-refractivity contribution in [3.05, 3.63) is 33.8 Å². The molecule has 3 nitrogen and oxygen atoms in total. The summed E-state index contributed by atoms with van der Waals surface area (Å²) in [6.45, 7) is 1.98. The summed E-state index contributed by atoms with van der Waals surface area (Å²) < 4.78 is 5.97. The fourth-order valence-corrected chi connectivity index (χ4v) is 1.80. The van der Waals surface area contributed by atoms with Crippen LogP contribution in [0.4, 0.5) is 0 Å². The molecular formula is C12H15BrN2O. The van der Waals surface area contributed by atoms with E-state index in [2.05, 4.69) is 20.9 Å². The quantitative estimate of drug-likeness (QED) is 0.867. The van der Waals surface area contributed by atoms with Crippen LogP contribution in [0.3, 0.4) is 0 Å². The van der Waals surface area contributed by atoms with Crippen molar-refractivity contribution in [3.8, 4) is 5.75 Å². The molecule has 0 fully saturated rings. The monoisotopic (exact) mass is 282 g/mol. The van der Waals surface area contributed by atoms with Gasteiger partial charge in [-0.25, -0.2) is 0 Å². The van der Waals surface area contributed by atoms with Crippen molar-refractivity contribution < 1.29 is 4.74 Å². The summed E-state index contributed by atoms with van der Waals surface area (Å²) in [5, 5.41) is 0. The van der Waals surface area contributed by atoms with E-state index < -0.39 is 0 Å². The molecule has 0 aliphatic carbocycles. The van der Waals surface area contributed by atoms with E-state index in [0.717, 1.165) is 21.4 Å². The van der Waals surface area contributed by atoms with Crippen molar-refractivity contribution in [2.75, 3.05) is 14.2 Å². The number of hydrogen-bond acceptors (Lipinski definition) is 3. The molecule has 0 aromatic heterocycles. The lowest BCUT2D eigenvalue weighted by Gasteiger charge is -2.08. The lowest BCUT2D eigenvalue weighted by Crippen LogP contribution is -2.00. The summed E-state index contributed by atoms with van der Waals surface area (Å²) in [6.07, 6.45) is 1.68. The van der Waals surface area contributed by atoms with Gasteiger partial charge in [-0.3, -0.25) is 4.99 Å². The predicted molar refractivity (Wildman–Crippen MR) is 72.2 cm³/mol. The second-order valence-corrected chi connectivity index (χ2v) is 4.19. The second-order valence-electron chi connectivity index (χ2n) is 3.33. The highest BCUT2D eigenvalue weighted by Crippen LogP contribution is 2.23. The normalized spacial score (nSPS) is 12.8. The Labute approximate surface area is 104 Å². The number of nitrogens with zero attached hydrogens (tertiary/aromatic N) is 1. The number of aliphatic imine (C=N–C) groups is 1. The summed E-state index contributed by atoms with van der Waals surface area (Å²) in [6, 6.07) is 5.81. The van der Waals surface area contributed by atoms with Gasteiger partial charge in [0.2, 0.25) is 0 Å². The van der Waals surface area contributed by atoms with Crippen LogP contribution in [0.5, 0.6) is 5.75 Å². The third-order valence-electron chi connectivity index (χ3n) is 2.21. The lowest BCUT2D eigenvalue weighted by atomic mass is 10.1. The highest BCUT2D eigenvalue weighted by Gasteiger charge is 2.04. The highest BCUT2D eigenvalue weighted by atomic mass is 79.9. The Morgan fingerprint density at radius 3 is 2.69 bits per heavy atom. The van der Waals surface area contributed by atoms with E-state index in [1.54, 1.807) is 20.4 Å². The topological polar surface area (TPSA) is 47.6 Å². The molecule has 0 spiro atoms. The number of benzene rings is 1. The molecule has 0 aliphatic rings. The molecule has 0 atom stereocenters. The van der Waals surface area contributed by atoms with Crippen molar-refractivity contribution in [2.45, 2.75) is 6.92 Å². The van der Waals surface area contributed by atoms with E-state index in [1.807, 2.05) is 25.1 Å². The van der Waals surface area contributed by atoms with Crippen LogP contribution in [0.25, 0.3) is 5.70 Å². The van der Waals surface area contributed by atoms with Crippen LogP contribution in [0, 0.1) is 6.92 Å². The summed E-state index contributed by atoms with van der Waals surface area (Å²) >= 11 is 3.37. The molecule has 1 rings (SSSR count). The van der Waals surface area contributed by atoms with Crippen molar-refractivity contribution in [1.82, 2.24) is 0 Å². The van der Waals surface area contributed by atoms with Crippen LogP contribution in [-0.4, -0.2) is 20.4 Å². The zero-order chi connectivity index (χ0) is 12.1. The Morgan fingerprint density at radius 2 is 2.19 bits per heavy atom. The smallest absolute Gasteiger partial charge is 0.121 e. The minimum Gasteiger partial charge on any atom is -0.496 e. The molecule has 0 bridgehead atoms. The Morgan fingerprint density at radius 1 is 1.50 bits per heavy atom. The molecule has 0 radical (unpaired) electrons. The number of aryl methyl sites for hydroxylation is 1. The minimum atomic E-state index is 0.663. The van der Waals surface area contributed by atoms with Gasteiger partial charge in [-0.2, -0.15) is 0 Å². The zero-order valence-corrected chi connectivity index (χ0v) is 11.2. The molecule has 0 saturated heterocycles. The van der Waals surface area contributed by atoms with Crippen molar-refractivity contribution in [1.29, 1.82) is 0 Å². The van der Waals surface area contributed by atoms with Crippen LogP contribution < -0.4 is 10.5 Å². The van der Waals surface area contributed by atoms with Crippen LogP contribution in [-0.2, 0) is 0 Å². The molecule has 0 aliphatic heterocycles. The molecule has 0 unspecified atom stereocenters. The SMILES string of the molecule is CN=CC(Br)=C(N)c1ccc(OC)c(C)c1. The van der Waals surface area contributed by atoms with Gasteiger partial charge >= 0.3 is 0 Å². The van der Waals surface area contributed by atoms with Crippen molar-refractivity contribution >= 4 is 27.8 Å². The van der Waals surface area contributed by atoms with Crippen molar-refractivity contribution in [2.24, 2.45) is 10.7 Å².